The Morgan fingerprint density at radius 2 is 1.40 bits per heavy atom. The van der Waals surface area contributed by atoms with Crippen LogP contribution >= 0.6 is 0 Å². The molecular formula is C24H26N2O4. The van der Waals surface area contributed by atoms with Crippen LogP contribution in [0.5, 0.6) is 17.2 Å². The first-order valence-electron chi connectivity index (χ1n) is 9.64. The highest BCUT2D eigenvalue weighted by Crippen LogP contribution is 2.31. The fourth-order valence-electron chi connectivity index (χ4n) is 3.10. The molecule has 2 N–H and O–H groups in total. The maximum Gasteiger partial charge on any atom is 0.224 e. The molecule has 3 rings (SSSR count). The molecule has 3 aromatic carbocycles. The Morgan fingerprint density at radius 3 is 2.00 bits per heavy atom. The number of anilines is 3. The van der Waals surface area contributed by atoms with E-state index in [1.54, 1.807) is 21.3 Å². The van der Waals surface area contributed by atoms with E-state index >= 15 is 0 Å². The molecule has 6 heteroatoms. The highest BCUT2D eigenvalue weighted by molar-refractivity contribution is 5.91. The SMILES string of the molecule is COc1ccc(Nc2ccc(NC(=O)CCc3cccc(OC)c3OC)cc2)cc1. The lowest BCUT2D eigenvalue weighted by Crippen LogP contribution is -2.12. The van der Waals surface area contributed by atoms with E-state index in [0.717, 1.165) is 28.4 Å². The zero-order chi connectivity index (χ0) is 21.3. The summed E-state index contributed by atoms with van der Waals surface area (Å²) < 4.78 is 15.9. The summed E-state index contributed by atoms with van der Waals surface area (Å²) in [5, 5.41) is 6.24. The van der Waals surface area contributed by atoms with Crippen molar-refractivity contribution in [1.82, 2.24) is 0 Å². The summed E-state index contributed by atoms with van der Waals surface area (Å²) in [5.74, 6) is 2.08. The number of carbonyl (C=O) groups is 1. The minimum absolute atomic E-state index is 0.0595. The summed E-state index contributed by atoms with van der Waals surface area (Å²) in [5.41, 5.74) is 3.57. The number of ether oxygens (including phenoxy) is 3. The van der Waals surface area contributed by atoms with Crippen LogP contribution in [0.3, 0.4) is 0 Å². The second-order valence-corrected chi connectivity index (χ2v) is 6.63. The quantitative estimate of drug-likeness (QED) is 0.522. The van der Waals surface area contributed by atoms with Crippen molar-refractivity contribution in [2.24, 2.45) is 0 Å². The van der Waals surface area contributed by atoms with Crippen LogP contribution in [0.1, 0.15) is 12.0 Å². The molecule has 0 unspecified atom stereocenters. The standard InChI is InChI=1S/C24H26N2O4/c1-28-21-14-12-19(13-15-21)25-18-8-10-20(11-9-18)26-23(27)16-7-17-5-4-6-22(29-2)24(17)30-3/h4-6,8-15,25H,7,16H2,1-3H3,(H,26,27). The van der Waals surface area contributed by atoms with Crippen LogP contribution in [0, 0.1) is 0 Å². The molecular weight excluding hydrogens is 380 g/mol. The molecule has 0 aliphatic rings. The monoisotopic (exact) mass is 406 g/mol. The van der Waals surface area contributed by atoms with Crippen LogP contribution in [0.15, 0.2) is 66.7 Å². The van der Waals surface area contributed by atoms with Crippen molar-refractivity contribution in [2.45, 2.75) is 12.8 Å². The van der Waals surface area contributed by atoms with Crippen molar-refractivity contribution < 1.29 is 19.0 Å². The Labute approximate surface area is 176 Å². The van der Waals surface area contributed by atoms with Crippen LogP contribution in [0.2, 0.25) is 0 Å². The fraction of sp³-hybridized carbons (Fsp3) is 0.208. The van der Waals surface area contributed by atoms with Gasteiger partial charge in [0.1, 0.15) is 5.75 Å². The summed E-state index contributed by atoms with van der Waals surface area (Å²) in [4.78, 5) is 12.4. The number of methoxy groups -OCH3 is 3. The van der Waals surface area contributed by atoms with Gasteiger partial charge in [0, 0.05) is 23.5 Å². The molecule has 3 aromatic rings. The van der Waals surface area contributed by atoms with Gasteiger partial charge in [-0.25, -0.2) is 0 Å². The van der Waals surface area contributed by atoms with Crippen LogP contribution in [0.4, 0.5) is 17.1 Å². The third kappa shape index (κ3) is 5.44. The molecule has 0 saturated heterocycles. The smallest absolute Gasteiger partial charge is 0.224 e. The predicted molar refractivity (Wildman–Crippen MR) is 119 cm³/mol. The molecule has 0 spiro atoms. The number of benzene rings is 3. The summed E-state index contributed by atoms with van der Waals surface area (Å²) in [6.07, 6.45) is 0.901. The Bertz CT molecular complexity index is 970. The van der Waals surface area contributed by atoms with E-state index in [9.17, 15) is 4.79 Å². The summed E-state index contributed by atoms with van der Waals surface area (Å²) in [6.45, 7) is 0. The Kier molecular flexibility index (Phi) is 7.16. The lowest BCUT2D eigenvalue weighted by atomic mass is 10.1. The topological polar surface area (TPSA) is 68.8 Å². The van der Waals surface area contributed by atoms with Gasteiger partial charge in [0.15, 0.2) is 11.5 Å². The van der Waals surface area contributed by atoms with E-state index in [2.05, 4.69) is 10.6 Å². The maximum absolute atomic E-state index is 12.4. The molecule has 0 heterocycles. The first-order chi connectivity index (χ1) is 14.6. The molecule has 30 heavy (non-hydrogen) atoms. The average Bonchev–Trinajstić information content (AvgIpc) is 2.79. The van der Waals surface area contributed by atoms with E-state index in [1.807, 2.05) is 66.7 Å². The second-order valence-electron chi connectivity index (χ2n) is 6.63. The number of amides is 1. The largest absolute Gasteiger partial charge is 0.497 e. The van der Waals surface area contributed by atoms with Crippen molar-refractivity contribution in [2.75, 3.05) is 32.0 Å². The normalized spacial score (nSPS) is 10.2. The number of hydrogen-bond acceptors (Lipinski definition) is 5. The summed E-state index contributed by atoms with van der Waals surface area (Å²) in [7, 11) is 4.84. The summed E-state index contributed by atoms with van der Waals surface area (Å²) in [6, 6.07) is 20.9. The van der Waals surface area contributed by atoms with E-state index in [4.69, 9.17) is 14.2 Å². The molecule has 0 fully saturated rings. The molecule has 0 bridgehead atoms. The number of para-hydroxylation sites is 1. The molecule has 0 saturated carbocycles. The van der Waals surface area contributed by atoms with Gasteiger partial charge in [-0.05, 0) is 66.6 Å². The number of hydrogen-bond donors (Lipinski definition) is 2. The molecule has 0 radical (unpaired) electrons. The molecule has 0 atom stereocenters. The third-order valence-corrected chi connectivity index (χ3v) is 4.65. The van der Waals surface area contributed by atoms with Gasteiger partial charge in [-0.1, -0.05) is 12.1 Å². The van der Waals surface area contributed by atoms with Crippen LogP contribution < -0.4 is 24.8 Å². The van der Waals surface area contributed by atoms with Crippen LogP contribution in [-0.2, 0) is 11.2 Å². The highest BCUT2D eigenvalue weighted by Gasteiger charge is 2.11. The number of nitrogens with one attached hydrogen (secondary N) is 2. The lowest BCUT2D eigenvalue weighted by molar-refractivity contribution is -0.116. The van der Waals surface area contributed by atoms with Gasteiger partial charge in [0.25, 0.3) is 0 Å². The molecule has 0 aliphatic heterocycles. The zero-order valence-electron chi connectivity index (χ0n) is 17.4. The number of carbonyl (C=O) groups excluding carboxylic acids is 1. The van der Waals surface area contributed by atoms with Crippen molar-refractivity contribution in [3.05, 3.63) is 72.3 Å². The fourth-order valence-corrected chi connectivity index (χ4v) is 3.10. The van der Waals surface area contributed by atoms with Gasteiger partial charge < -0.3 is 24.8 Å². The van der Waals surface area contributed by atoms with Crippen LogP contribution in [-0.4, -0.2) is 27.2 Å². The van der Waals surface area contributed by atoms with Gasteiger partial charge in [-0.15, -0.1) is 0 Å². The van der Waals surface area contributed by atoms with Crippen molar-refractivity contribution in [3.8, 4) is 17.2 Å². The lowest BCUT2D eigenvalue weighted by Gasteiger charge is -2.12. The zero-order valence-corrected chi connectivity index (χ0v) is 17.4. The van der Waals surface area contributed by atoms with Crippen molar-refractivity contribution in [3.63, 3.8) is 0 Å². The maximum atomic E-state index is 12.4. The van der Waals surface area contributed by atoms with Gasteiger partial charge in [0.2, 0.25) is 5.91 Å². The predicted octanol–water partition coefficient (Wildman–Crippen LogP) is 5.03. The van der Waals surface area contributed by atoms with Gasteiger partial charge in [0.05, 0.1) is 21.3 Å². The molecule has 156 valence electrons. The van der Waals surface area contributed by atoms with Gasteiger partial charge >= 0.3 is 0 Å². The van der Waals surface area contributed by atoms with Crippen LogP contribution in [0.25, 0.3) is 0 Å². The first kappa shape index (κ1) is 21.0. The van der Waals surface area contributed by atoms with Gasteiger partial charge in [-0.3, -0.25) is 4.79 Å². The second kappa shape index (κ2) is 10.2. The minimum atomic E-state index is -0.0595. The average molecular weight is 406 g/mol. The Hall–Kier alpha value is -3.67. The minimum Gasteiger partial charge on any atom is -0.497 e. The van der Waals surface area contributed by atoms with Crippen molar-refractivity contribution >= 4 is 23.0 Å². The Balaban J connectivity index is 1.54. The van der Waals surface area contributed by atoms with E-state index < -0.39 is 0 Å². The molecule has 0 aromatic heterocycles. The molecule has 6 nitrogen and oxygen atoms in total. The van der Waals surface area contributed by atoms with E-state index in [-0.39, 0.29) is 5.91 Å². The third-order valence-electron chi connectivity index (χ3n) is 4.65. The van der Waals surface area contributed by atoms with Crippen molar-refractivity contribution in [1.29, 1.82) is 0 Å². The number of aryl methyl sites for hydroxylation is 1. The Morgan fingerprint density at radius 1 is 0.767 bits per heavy atom. The van der Waals surface area contributed by atoms with E-state index in [0.29, 0.717) is 24.3 Å². The highest BCUT2D eigenvalue weighted by atomic mass is 16.5. The summed E-state index contributed by atoms with van der Waals surface area (Å²) >= 11 is 0. The number of rotatable bonds is 9. The first-order valence-corrected chi connectivity index (χ1v) is 9.64. The van der Waals surface area contributed by atoms with E-state index in [1.165, 1.54) is 0 Å². The molecule has 1 amide bonds. The van der Waals surface area contributed by atoms with Gasteiger partial charge in [-0.2, -0.15) is 0 Å². The molecule has 0 aliphatic carbocycles.